The zero-order valence-corrected chi connectivity index (χ0v) is 9.58. The minimum absolute atomic E-state index is 0.101. The second kappa shape index (κ2) is 4.93. The first-order valence-electron chi connectivity index (χ1n) is 4.15. The summed E-state index contributed by atoms with van der Waals surface area (Å²) >= 11 is 2.99. The number of alkyl halides is 1. The first-order valence-corrected chi connectivity index (χ1v) is 5.27. The summed E-state index contributed by atoms with van der Waals surface area (Å²) in [5.74, 6) is -0.639. The lowest BCUT2D eigenvalue weighted by atomic mass is 10.1. The first-order chi connectivity index (χ1) is 7.04. The Balaban J connectivity index is 3.05. The molecule has 0 aromatic heterocycles. The molecule has 0 heterocycles. The van der Waals surface area contributed by atoms with E-state index >= 15 is 0 Å². The number of halogens is 1. The fraction of sp³-hybridized carbons (Fsp3) is 0.200. The van der Waals surface area contributed by atoms with Crippen molar-refractivity contribution in [3.63, 3.8) is 0 Å². The van der Waals surface area contributed by atoms with E-state index < -0.39 is 5.97 Å². The SMILES string of the molecule is CC(=O)Oc1ccc(O)c(C(=O)CBr)c1. The predicted octanol–water partition coefficient (Wildman–Crippen LogP) is 1.90. The highest BCUT2D eigenvalue weighted by Gasteiger charge is 2.11. The zero-order chi connectivity index (χ0) is 11.4. The number of benzene rings is 1. The van der Waals surface area contributed by atoms with Gasteiger partial charge in [0.05, 0.1) is 10.9 Å². The van der Waals surface area contributed by atoms with Gasteiger partial charge in [0, 0.05) is 6.92 Å². The Morgan fingerprint density at radius 1 is 1.47 bits per heavy atom. The number of phenols is 1. The molecule has 0 aliphatic heterocycles. The normalized spacial score (nSPS) is 9.73. The van der Waals surface area contributed by atoms with Crippen LogP contribution in [-0.2, 0) is 4.79 Å². The lowest BCUT2D eigenvalue weighted by Crippen LogP contribution is -2.04. The Labute approximate surface area is 95.0 Å². The Morgan fingerprint density at radius 2 is 2.13 bits per heavy atom. The highest BCUT2D eigenvalue weighted by atomic mass is 79.9. The number of ether oxygens (including phenoxy) is 1. The predicted molar refractivity (Wildman–Crippen MR) is 57.5 cm³/mol. The van der Waals surface area contributed by atoms with Gasteiger partial charge in [0.1, 0.15) is 11.5 Å². The highest BCUT2D eigenvalue weighted by molar-refractivity contribution is 9.09. The van der Waals surface area contributed by atoms with E-state index in [9.17, 15) is 14.7 Å². The largest absolute Gasteiger partial charge is 0.507 e. The Kier molecular flexibility index (Phi) is 3.85. The average molecular weight is 273 g/mol. The molecule has 15 heavy (non-hydrogen) atoms. The van der Waals surface area contributed by atoms with E-state index in [1.54, 1.807) is 0 Å². The van der Waals surface area contributed by atoms with Crippen LogP contribution >= 0.6 is 15.9 Å². The first kappa shape index (κ1) is 11.7. The van der Waals surface area contributed by atoms with Crippen LogP contribution in [0.5, 0.6) is 11.5 Å². The van der Waals surface area contributed by atoms with Crippen LogP contribution in [0.3, 0.4) is 0 Å². The molecule has 1 aromatic rings. The van der Waals surface area contributed by atoms with Crippen molar-refractivity contribution in [2.24, 2.45) is 0 Å². The molecule has 0 fully saturated rings. The molecule has 0 spiro atoms. The average Bonchev–Trinajstić information content (AvgIpc) is 2.19. The van der Waals surface area contributed by atoms with Crippen LogP contribution in [0.1, 0.15) is 17.3 Å². The van der Waals surface area contributed by atoms with Gasteiger partial charge in [0.25, 0.3) is 0 Å². The van der Waals surface area contributed by atoms with Crippen LogP contribution in [0.25, 0.3) is 0 Å². The third-order valence-electron chi connectivity index (χ3n) is 1.65. The molecule has 5 heteroatoms. The summed E-state index contributed by atoms with van der Waals surface area (Å²) in [6, 6.07) is 4.07. The van der Waals surface area contributed by atoms with E-state index in [-0.39, 0.29) is 28.2 Å². The van der Waals surface area contributed by atoms with Gasteiger partial charge in [0.15, 0.2) is 5.78 Å². The quantitative estimate of drug-likeness (QED) is 0.395. The van der Waals surface area contributed by atoms with Crippen LogP contribution in [0.2, 0.25) is 0 Å². The molecule has 0 saturated heterocycles. The third-order valence-corrected chi connectivity index (χ3v) is 2.16. The Morgan fingerprint density at radius 3 is 2.67 bits per heavy atom. The molecule has 0 amide bonds. The molecular formula is C10H9BrO4. The number of carbonyl (C=O) groups is 2. The summed E-state index contributed by atoms with van der Waals surface area (Å²) in [5.41, 5.74) is 0.130. The number of rotatable bonds is 3. The molecular weight excluding hydrogens is 264 g/mol. The molecule has 0 atom stereocenters. The minimum atomic E-state index is -0.474. The molecule has 1 aromatic carbocycles. The number of carbonyl (C=O) groups excluding carboxylic acids is 2. The van der Waals surface area contributed by atoms with Crippen molar-refractivity contribution >= 4 is 27.7 Å². The number of hydrogen-bond donors (Lipinski definition) is 1. The minimum Gasteiger partial charge on any atom is -0.507 e. The fourth-order valence-corrected chi connectivity index (χ4v) is 1.34. The number of Topliss-reactive ketones (excluding diaryl/α,β-unsaturated/α-hetero) is 1. The van der Waals surface area contributed by atoms with Crippen LogP contribution in [0.4, 0.5) is 0 Å². The fourth-order valence-electron chi connectivity index (χ4n) is 1.04. The zero-order valence-electron chi connectivity index (χ0n) is 7.99. The van der Waals surface area contributed by atoms with E-state index in [2.05, 4.69) is 15.9 Å². The number of esters is 1. The molecule has 4 nitrogen and oxygen atoms in total. The summed E-state index contributed by atoms with van der Waals surface area (Å²) in [6.45, 7) is 1.26. The molecule has 1 N–H and O–H groups in total. The van der Waals surface area contributed by atoms with Crippen LogP contribution in [0, 0.1) is 0 Å². The van der Waals surface area contributed by atoms with Crippen molar-refractivity contribution in [1.29, 1.82) is 0 Å². The maximum atomic E-state index is 11.3. The Hall–Kier alpha value is -1.36. The van der Waals surface area contributed by atoms with Gasteiger partial charge in [-0.05, 0) is 18.2 Å². The standard InChI is InChI=1S/C10H9BrO4/c1-6(12)15-7-2-3-9(13)8(4-7)10(14)5-11/h2-4,13H,5H2,1H3. The maximum absolute atomic E-state index is 11.3. The van der Waals surface area contributed by atoms with E-state index in [4.69, 9.17) is 4.74 Å². The summed E-state index contributed by atoms with van der Waals surface area (Å²) in [5, 5.41) is 9.49. The van der Waals surface area contributed by atoms with Gasteiger partial charge in [-0.15, -0.1) is 0 Å². The molecule has 0 aliphatic carbocycles. The smallest absolute Gasteiger partial charge is 0.308 e. The van der Waals surface area contributed by atoms with Crippen molar-refractivity contribution < 1.29 is 19.4 Å². The van der Waals surface area contributed by atoms with Crippen molar-refractivity contribution in [3.05, 3.63) is 23.8 Å². The lowest BCUT2D eigenvalue weighted by Gasteiger charge is -2.05. The molecule has 0 radical (unpaired) electrons. The summed E-state index contributed by atoms with van der Waals surface area (Å²) in [4.78, 5) is 22.0. The monoisotopic (exact) mass is 272 g/mol. The van der Waals surface area contributed by atoms with Gasteiger partial charge in [0.2, 0.25) is 0 Å². The van der Waals surface area contributed by atoms with E-state index in [0.29, 0.717) is 0 Å². The molecule has 0 unspecified atom stereocenters. The second-order valence-electron chi connectivity index (χ2n) is 2.83. The number of phenolic OH excluding ortho intramolecular Hbond substituents is 1. The van der Waals surface area contributed by atoms with Gasteiger partial charge in [-0.2, -0.15) is 0 Å². The summed E-state index contributed by atoms with van der Waals surface area (Å²) in [7, 11) is 0. The van der Waals surface area contributed by atoms with Crippen LogP contribution in [-0.4, -0.2) is 22.2 Å². The topological polar surface area (TPSA) is 63.6 Å². The van der Waals surface area contributed by atoms with E-state index in [1.165, 1.54) is 25.1 Å². The molecule has 0 bridgehead atoms. The van der Waals surface area contributed by atoms with Gasteiger partial charge in [-0.1, -0.05) is 15.9 Å². The number of aromatic hydroxyl groups is 1. The van der Waals surface area contributed by atoms with Gasteiger partial charge in [-0.25, -0.2) is 0 Å². The molecule has 0 saturated carbocycles. The molecule has 0 aliphatic rings. The van der Waals surface area contributed by atoms with E-state index in [0.717, 1.165) is 0 Å². The van der Waals surface area contributed by atoms with Crippen molar-refractivity contribution in [2.75, 3.05) is 5.33 Å². The summed E-state index contributed by atoms with van der Waals surface area (Å²) in [6.07, 6.45) is 0. The molecule has 80 valence electrons. The van der Waals surface area contributed by atoms with Crippen LogP contribution in [0.15, 0.2) is 18.2 Å². The number of ketones is 1. The summed E-state index contributed by atoms with van der Waals surface area (Å²) < 4.78 is 4.79. The van der Waals surface area contributed by atoms with Gasteiger partial charge < -0.3 is 9.84 Å². The van der Waals surface area contributed by atoms with Gasteiger partial charge in [-0.3, -0.25) is 9.59 Å². The van der Waals surface area contributed by atoms with Crippen molar-refractivity contribution in [1.82, 2.24) is 0 Å². The molecule has 1 rings (SSSR count). The van der Waals surface area contributed by atoms with E-state index in [1.807, 2.05) is 0 Å². The third kappa shape index (κ3) is 3.06. The number of hydrogen-bond acceptors (Lipinski definition) is 4. The lowest BCUT2D eigenvalue weighted by molar-refractivity contribution is -0.131. The van der Waals surface area contributed by atoms with Crippen LogP contribution < -0.4 is 4.74 Å². The van der Waals surface area contributed by atoms with Crippen molar-refractivity contribution in [3.8, 4) is 11.5 Å². The van der Waals surface area contributed by atoms with Gasteiger partial charge >= 0.3 is 5.97 Å². The maximum Gasteiger partial charge on any atom is 0.308 e. The van der Waals surface area contributed by atoms with Crippen molar-refractivity contribution in [2.45, 2.75) is 6.92 Å². The highest BCUT2D eigenvalue weighted by Crippen LogP contribution is 2.24. The Bertz CT molecular complexity index is 400. The second-order valence-corrected chi connectivity index (χ2v) is 3.39.